The number of anilines is 1. The number of aromatic amines is 1. The molecule has 0 saturated carbocycles. The Morgan fingerprint density at radius 2 is 2.26 bits per heavy atom. The molecule has 7 heteroatoms. The first-order valence-electron chi connectivity index (χ1n) is 5.77. The zero-order valence-corrected chi connectivity index (χ0v) is 11.1. The van der Waals surface area contributed by atoms with Gasteiger partial charge in [0, 0.05) is 22.5 Å². The zero-order chi connectivity index (χ0) is 13.2. The number of hydrogen-bond acceptors (Lipinski definition) is 6. The van der Waals surface area contributed by atoms with Crippen LogP contribution in [0, 0.1) is 0 Å². The first kappa shape index (κ1) is 11.9. The van der Waals surface area contributed by atoms with Crippen LogP contribution in [0.1, 0.15) is 17.7 Å². The number of thioether (sulfide) groups is 1. The van der Waals surface area contributed by atoms with Gasteiger partial charge in [0.05, 0.1) is 0 Å². The molecule has 96 valence electrons. The molecular formula is C12H12N6S. The van der Waals surface area contributed by atoms with E-state index in [2.05, 4.69) is 38.4 Å². The number of nitrogen functional groups attached to an aromatic ring is 1. The minimum absolute atomic E-state index is 0.246. The molecule has 19 heavy (non-hydrogen) atoms. The van der Waals surface area contributed by atoms with Crippen LogP contribution in [0.25, 0.3) is 11.2 Å². The molecule has 3 heterocycles. The molecule has 3 aromatic rings. The highest BCUT2D eigenvalue weighted by Gasteiger charge is 2.13. The first-order valence-corrected chi connectivity index (χ1v) is 6.65. The predicted octanol–water partition coefficient (Wildman–Crippen LogP) is 2.18. The lowest BCUT2D eigenvalue weighted by molar-refractivity contribution is 0.953. The molecule has 3 aromatic heterocycles. The SMILES string of the molecule is CC(Sc1cc(N)nc2n[nH]nc12)c1cccnc1. The number of pyridine rings is 2. The summed E-state index contributed by atoms with van der Waals surface area (Å²) in [6.07, 6.45) is 3.63. The molecular weight excluding hydrogens is 260 g/mol. The van der Waals surface area contributed by atoms with Gasteiger partial charge in [0.2, 0.25) is 5.65 Å². The number of H-pyrrole nitrogens is 1. The maximum atomic E-state index is 5.78. The molecule has 0 fully saturated rings. The average molecular weight is 272 g/mol. The van der Waals surface area contributed by atoms with E-state index in [0.29, 0.717) is 11.5 Å². The van der Waals surface area contributed by atoms with Crippen molar-refractivity contribution < 1.29 is 0 Å². The molecule has 0 amide bonds. The number of hydrogen-bond donors (Lipinski definition) is 2. The third-order valence-corrected chi connectivity index (χ3v) is 3.93. The van der Waals surface area contributed by atoms with Crippen LogP contribution in [0.5, 0.6) is 0 Å². The third-order valence-electron chi connectivity index (χ3n) is 2.73. The molecule has 0 saturated heterocycles. The lowest BCUT2D eigenvalue weighted by atomic mass is 10.2. The van der Waals surface area contributed by atoms with Gasteiger partial charge in [0.1, 0.15) is 11.3 Å². The van der Waals surface area contributed by atoms with Crippen molar-refractivity contribution in [1.29, 1.82) is 0 Å². The monoisotopic (exact) mass is 272 g/mol. The van der Waals surface area contributed by atoms with E-state index in [4.69, 9.17) is 5.73 Å². The summed E-state index contributed by atoms with van der Waals surface area (Å²) in [4.78, 5) is 9.22. The zero-order valence-electron chi connectivity index (χ0n) is 10.2. The van der Waals surface area contributed by atoms with Crippen LogP contribution in [0.4, 0.5) is 5.82 Å². The Balaban J connectivity index is 1.95. The quantitative estimate of drug-likeness (QED) is 0.710. The van der Waals surface area contributed by atoms with E-state index in [1.807, 2.05) is 18.3 Å². The Kier molecular flexibility index (Phi) is 3.04. The van der Waals surface area contributed by atoms with E-state index in [9.17, 15) is 0 Å². The van der Waals surface area contributed by atoms with Crippen LogP contribution in [-0.4, -0.2) is 25.4 Å². The van der Waals surface area contributed by atoms with E-state index in [1.54, 1.807) is 18.0 Å². The molecule has 6 nitrogen and oxygen atoms in total. The maximum Gasteiger partial charge on any atom is 0.204 e. The standard InChI is InChI=1S/C12H12N6S/c1-7(8-3-2-4-14-6-8)19-9-5-10(13)15-12-11(9)16-18-17-12/h2-7H,1H3,(H3,13,15,16,17,18). The van der Waals surface area contributed by atoms with Crippen molar-refractivity contribution in [3.8, 4) is 0 Å². The predicted molar refractivity (Wildman–Crippen MR) is 74.6 cm³/mol. The Morgan fingerprint density at radius 3 is 3.05 bits per heavy atom. The van der Waals surface area contributed by atoms with Crippen molar-refractivity contribution >= 4 is 28.7 Å². The van der Waals surface area contributed by atoms with Crippen molar-refractivity contribution in [2.75, 3.05) is 5.73 Å². The smallest absolute Gasteiger partial charge is 0.204 e. The number of nitrogens with two attached hydrogens (primary N) is 1. The molecule has 0 spiro atoms. The van der Waals surface area contributed by atoms with E-state index in [-0.39, 0.29) is 5.25 Å². The molecule has 0 aromatic carbocycles. The first-order chi connectivity index (χ1) is 9.24. The molecule has 0 aliphatic heterocycles. The number of nitrogens with zero attached hydrogens (tertiary/aromatic N) is 4. The molecule has 0 aliphatic rings. The molecule has 3 rings (SSSR count). The second kappa shape index (κ2) is 4.85. The van der Waals surface area contributed by atoms with Gasteiger partial charge < -0.3 is 5.73 Å². The second-order valence-corrected chi connectivity index (χ2v) is 5.47. The summed E-state index contributed by atoms with van der Waals surface area (Å²) in [6, 6.07) is 5.80. The number of rotatable bonds is 3. The van der Waals surface area contributed by atoms with Crippen LogP contribution >= 0.6 is 11.8 Å². The van der Waals surface area contributed by atoms with E-state index in [1.165, 1.54) is 0 Å². The fourth-order valence-corrected chi connectivity index (χ4v) is 2.88. The molecule has 1 unspecified atom stereocenters. The Hall–Kier alpha value is -2.15. The van der Waals surface area contributed by atoms with Crippen molar-refractivity contribution in [3.05, 3.63) is 36.2 Å². The van der Waals surface area contributed by atoms with Crippen LogP contribution < -0.4 is 5.73 Å². The van der Waals surface area contributed by atoms with Gasteiger partial charge in [-0.1, -0.05) is 6.07 Å². The van der Waals surface area contributed by atoms with Crippen molar-refractivity contribution in [2.45, 2.75) is 17.1 Å². The topological polar surface area (TPSA) is 93.4 Å². The highest BCUT2D eigenvalue weighted by atomic mass is 32.2. The fraction of sp³-hybridized carbons (Fsp3) is 0.167. The van der Waals surface area contributed by atoms with E-state index >= 15 is 0 Å². The maximum absolute atomic E-state index is 5.78. The number of aromatic nitrogens is 5. The Bertz CT molecular complexity index is 696. The van der Waals surface area contributed by atoms with Crippen molar-refractivity contribution in [1.82, 2.24) is 25.4 Å². The summed E-state index contributed by atoms with van der Waals surface area (Å²) in [7, 11) is 0. The fourth-order valence-electron chi connectivity index (χ4n) is 1.79. The summed E-state index contributed by atoms with van der Waals surface area (Å²) >= 11 is 1.66. The second-order valence-electron chi connectivity index (χ2n) is 4.09. The minimum atomic E-state index is 0.246. The van der Waals surface area contributed by atoms with E-state index in [0.717, 1.165) is 16.0 Å². The Morgan fingerprint density at radius 1 is 1.37 bits per heavy atom. The molecule has 0 radical (unpaired) electrons. The minimum Gasteiger partial charge on any atom is -0.384 e. The summed E-state index contributed by atoms with van der Waals surface area (Å²) in [6.45, 7) is 2.12. The van der Waals surface area contributed by atoms with Crippen LogP contribution in [0.3, 0.4) is 0 Å². The summed E-state index contributed by atoms with van der Waals surface area (Å²) in [5, 5.41) is 10.9. The average Bonchev–Trinajstić information content (AvgIpc) is 2.88. The van der Waals surface area contributed by atoms with Gasteiger partial charge in [0.25, 0.3) is 0 Å². The molecule has 0 bridgehead atoms. The lowest BCUT2D eigenvalue weighted by Gasteiger charge is -2.11. The van der Waals surface area contributed by atoms with Gasteiger partial charge in [-0.15, -0.1) is 16.9 Å². The van der Waals surface area contributed by atoms with Gasteiger partial charge >= 0.3 is 0 Å². The Labute approximate surface area is 113 Å². The van der Waals surface area contributed by atoms with Gasteiger partial charge in [-0.25, -0.2) is 4.98 Å². The largest absolute Gasteiger partial charge is 0.384 e. The highest BCUT2D eigenvalue weighted by Crippen LogP contribution is 2.37. The highest BCUT2D eigenvalue weighted by molar-refractivity contribution is 7.99. The normalized spacial score (nSPS) is 12.7. The molecule has 1 atom stereocenters. The summed E-state index contributed by atoms with van der Waals surface area (Å²) in [5.41, 5.74) is 8.22. The van der Waals surface area contributed by atoms with Crippen LogP contribution in [0.15, 0.2) is 35.5 Å². The van der Waals surface area contributed by atoms with E-state index < -0.39 is 0 Å². The third kappa shape index (κ3) is 2.37. The molecule has 3 N–H and O–H groups in total. The van der Waals surface area contributed by atoms with Crippen LogP contribution in [0.2, 0.25) is 0 Å². The van der Waals surface area contributed by atoms with Gasteiger partial charge in [-0.3, -0.25) is 4.98 Å². The van der Waals surface area contributed by atoms with Gasteiger partial charge in [0.15, 0.2) is 0 Å². The van der Waals surface area contributed by atoms with Crippen molar-refractivity contribution in [3.63, 3.8) is 0 Å². The summed E-state index contributed by atoms with van der Waals surface area (Å²) < 4.78 is 0. The van der Waals surface area contributed by atoms with Gasteiger partial charge in [-0.2, -0.15) is 10.3 Å². The summed E-state index contributed by atoms with van der Waals surface area (Å²) in [5.74, 6) is 0.447. The van der Waals surface area contributed by atoms with Crippen molar-refractivity contribution in [2.24, 2.45) is 0 Å². The molecule has 0 aliphatic carbocycles. The number of nitrogens with one attached hydrogen (secondary N) is 1. The number of fused-ring (bicyclic) bond motifs is 1. The van der Waals surface area contributed by atoms with Gasteiger partial charge in [-0.05, 0) is 24.6 Å². The lowest BCUT2D eigenvalue weighted by Crippen LogP contribution is -1.94. The van der Waals surface area contributed by atoms with Crippen LogP contribution in [-0.2, 0) is 0 Å².